The van der Waals surface area contributed by atoms with Gasteiger partial charge in [-0.2, -0.15) is 0 Å². The first-order chi connectivity index (χ1) is 13.4. The van der Waals surface area contributed by atoms with Gasteiger partial charge >= 0.3 is 6.03 Å². The van der Waals surface area contributed by atoms with Gasteiger partial charge in [0.05, 0.1) is 19.3 Å². The highest BCUT2D eigenvalue weighted by molar-refractivity contribution is 7.94. The Hall–Kier alpha value is -2.59. The number of fused-ring (bicyclic) bond motifs is 1. The van der Waals surface area contributed by atoms with E-state index < -0.39 is 10.0 Å². The van der Waals surface area contributed by atoms with E-state index in [9.17, 15) is 18.0 Å². The Morgan fingerprint density at radius 3 is 2.79 bits per heavy atom. The lowest BCUT2D eigenvalue weighted by molar-refractivity contribution is -0.128. The summed E-state index contributed by atoms with van der Waals surface area (Å²) in [6, 6.07) is 7.45. The van der Waals surface area contributed by atoms with Crippen LogP contribution < -0.4 is 9.46 Å². The molecule has 10 heteroatoms. The fourth-order valence-electron chi connectivity index (χ4n) is 3.55. The Kier molecular flexibility index (Phi) is 4.76. The van der Waals surface area contributed by atoms with E-state index >= 15 is 0 Å². The Bertz CT molecular complexity index is 998. The Morgan fingerprint density at radius 1 is 1.29 bits per heavy atom. The number of thiophene rings is 1. The van der Waals surface area contributed by atoms with Crippen molar-refractivity contribution in [3.05, 3.63) is 41.3 Å². The van der Waals surface area contributed by atoms with Crippen LogP contribution in [0.2, 0.25) is 0 Å². The van der Waals surface area contributed by atoms with E-state index in [4.69, 9.17) is 4.74 Å². The predicted molar refractivity (Wildman–Crippen MR) is 104 cm³/mol. The van der Waals surface area contributed by atoms with Gasteiger partial charge in [-0.15, -0.1) is 11.3 Å². The molecule has 1 aromatic carbocycles. The molecule has 28 heavy (non-hydrogen) atoms. The van der Waals surface area contributed by atoms with Crippen molar-refractivity contribution in [2.75, 3.05) is 18.4 Å². The molecular weight excluding hydrogens is 402 g/mol. The molecular formula is C18H19N3O5S2. The summed E-state index contributed by atoms with van der Waals surface area (Å²) >= 11 is 1.11. The number of carbonyl (C=O) groups is 2. The molecule has 1 aromatic heterocycles. The minimum atomic E-state index is -3.75. The number of amides is 3. The van der Waals surface area contributed by atoms with Crippen LogP contribution in [0.5, 0.6) is 5.75 Å². The Labute approximate surface area is 166 Å². The topological polar surface area (TPSA) is 96.0 Å². The maximum atomic E-state index is 12.5. The molecule has 0 saturated carbocycles. The number of imide groups is 1. The molecule has 8 nitrogen and oxygen atoms in total. The predicted octanol–water partition coefficient (Wildman–Crippen LogP) is 2.48. The van der Waals surface area contributed by atoms with E-state index in [-0.39, 0.29) is 34.4 Å². The Balaban J connectivity index is 1.59. The van der Waals surface area contributed by atoms with E-state index in [0.717, 1.165) is 17.8 Å². The number of urea groups is 1. The number of carbonyl (C=O) groups excluding carboxylic acids is 2. The second kappa shape index (κ2) is 7.10. The van der Waals surface area contributed by atoms with E-state index in [1.165, 1.54) is 18.1 Å². The molecule has 1 atom stereocenters. The van der Waals surface area contributed by atoms with Crippen LogP contribution in [0.3, 0.4) is 0 Å². The van der Waals surface area contributed by atoms with Crippen molar-refractivity contribution < 1.29 is 22.7 Å². The zero-order valence-electron chi connectivity index (χ0n) is 15.1. The molecule has 1 N–H and O–H groups in total. The van der Waals surface area contributed by atoms with Crippen molar-refractivity contribution in [3.63, 3.8) is 0 Å². The minimum absolute atomic E-state index is 0.0857. The van der Waals surface area contributed by atoms with Gasteiger partial charge in [0.1, 0.15) is 16.0 Å². The number of ether oxygens (including phenoxy) is 1. The zero-order valence-corrected chi connectivity index (χ0v) is 16.8. The van der Waals surface area contributed by atoms with Crippen LogP contribution in [0.15, 0.2) is 39.9 Å². The summed E-state index contributed by atoms with van der Waals surface area (Å²) in [6.45, 7) is 0.683. The van der Waals surface area contributed by atoms with E-state index in [1.807, 2.05) is 0 Å². The van der Waals surface area contributed by atoms with Crippen LogP contribution in [-0.4, -0.2) is 49.9 Å². The summed E-state index contributed by atoms with van der Waals surface area (Å²) in [6.07, 6.45) is 1.53. The van der Waals surface area contributed by atoms with Crippen LogP contribution in [0.25, 0.3) is 0 Å². The molecule has 1 unspecified atom stereocenters. The highest BCUT2D eigenvalue weighted by atomic mass is 32.2. The van der Waals surface area contributed by atoms with Crippen LogP contribution in [-0.2, 0) is 21.4 Å². The average Bonchev–Trinajstić information content (AvgIpc) is 3.40. The molecule has 2 aliphatic heterocycles. The van der Waals surface area contributed by atoms with Crippen molar-refractivity contribution in [1.29, 1.82) is 0 Å². The number of nitrogens with zero attached hydrogens (tertiary/aromatic N) is 2. The number of hydrogen-bond acceptors (Lipinski definition) is 6. The van der Waals surface area contributed by atoms with Gasteiger partial charge in [0.2, 0.25) is 0 Å². The second-order valence-electron chi connectivity index (χ2n) is 6.63. The quantitative estimate of drug-likeness (QED) is 0.723. The molecule has 3 heterocycles. The molecule has 0 aliphatic carbocycles. The van der Waals surface area contributed by atoms with Gasteiger partial charge in [-0.25, -0.2) is 13.2 Å². The van der Waals surface area contributed by atoms with Crippen LogP contribution in [0, 0.1) is 0 Å². The van der Waals surface area contributed by atoms with Crippen molar-refractivity contribution in [1.82, 2.24) is 9.80 Å². The first-order valence-corrected chi connectivity index (χ1v) is 11.1. The van der Waals surface area contributed by atoms with E-state index in [1.54, 1.807) is 34.5 Å². The highest BCUT2D eigenvalue weighted by Crippen LogP contribution is 2.32. The van der Waals surface area contributed by atoms with Gasteiger partial charge in [-0.1, -0.05) is 12.1 Å². The summed E-state index contributed by atoms with van der Waals surface area (Å²) < 4.78 is 33.1. The van der Waals surface area contributed by atoms with Gasteiger partial charge in [0, 0.05) is 6.54 Å². The lowest BCUT2D eigenvalue weighted by Crippen LogP contribution is -2.32. The average molecular weight is 422 g/mol. The number of benzene rings is 1. The number of sulfonamides is 1. The van der Waals surface area contributed by atoms with E-state index in [2.05, 4.69) is 4.72 Å². The summed E-state index contributed by atoms with van der Waals surface area (Å²) in [4.78, 5) is 27.8. The third-order valence-corrected chi connectivity index (χ3v) is 7.65. The standard InChI is InChI=1S/C18H19N3O5S2/c1-26-15-7-6-12(10-13(15)19-28(24,25)16-5-3-9-27-16)11-21-17(22)14-4-2-8-20(14)18(21)23/h3,5-7,9-10,14,19H,2,4,8,11H2,1H3. The highest BCUT2D eigenvalue weighted by Gasteiger charge is 2.47. The summed E-state index contributed by atoms with van der Waals surface area (Å²) in [5.74, 6) is 0.155. The monoisotopic (exact) mass is 421 g/mol. The number of anilines is 1. The lowest BCUT2D eigenvalue weighted by atomic mass is 10.1. The van der Waals surface area contributed by atoms with Gasteiger partial charge in [-0.3, -0.25) is 14.4 Å². The first kappa shape index (κ1) is 18.8. The van der Waals surface area contributed by atoms with Crippen molar-refractivity contribution in [3.8, 4) is 5.75 Å². The maximum Gasteiger partial charge on any atom is 0.327 e. The SMILES string of the molecule is COc1ccc(CN2C(=O)C3CCCN3C2=O)cc1NS(=O)(=O)c1cccs1. The zero-order chi connectivity index (χ0) is 19.9. The molecule has 0 radical (unpaired) electrons. The minimum Gasteiger partial charge on any atom is -0.495 e. The fraction of sp³-hybridized carbons (Fsp3) is 0.333. The molecule has 2 saturated heterocycles. The number of hydrogen-bond donors (Lipinski definition) is 1. The second-order valence-corrected chi connectivity index (χ2v) is 9.49. The molecule has 4 rings (SSSR count). The molecule has 2 fully saturated rings. The van der Waals surface area contributed by atoms with Gasteiger partial charge < -0.3 is 9.64 Å². The molecule has 148 valence electrons. The third kappa shape index (κ3) is 3.22. The number of methoxy groups -OCH3 is 1. The number of nitrogens with one attached hydrogen (secondary N) is 1. The van der Waals surface area contributed by atoms with Crippen molar-refractivity contribution >= 4 is 39.0 Å². The van der Waals surface area contributed by atoms with Crippen molar-refractivity contribution in [2.45, 2.75) is 29.6 Å². The summed E-state index contributed by atoms with van der Waals surface area (Å²) in [7, 11) is -2.30. The largest absolute Gasteiger partial charge is 0.495 e. The van der Waals surface area contributed by atoms with Gasteiger partial charge in [0.15, 0.2) is 0 Å². The first-order valence-electron chi connectivity index (χ1n) is 8.76. The Morgan fingerprint density at radius 2 is 2.11 bits per heavy atom. The van der Waals surface area contributed by atoms with Crippen LogP contribution in [0.1, 0.15) is 18.4 Å². The van der Waals surface area contributed by atoms with Crippen LogP contribution in [0.4, 0.5) is 10.5 Å². The third-order valence-electron chi connectivity index (χ3n) is 4.89. The summed E-state index contributed by atoms with van der Waals surface area (Å²) in [5, 5.41) is 1.68. The lowest BCUT2D eigenvalue weighted by Gasteiger charge is -2.17. The molecule has 3 amide bonds. The maximum absolute atomic E-state index is 12.5. The smallest absolute Gasteiger partial charge is 0.327 e. The van der Waals surface area contributed by atoms with Gasteiger partial charge in [0.25, 0.3) is 15.9 Å². The summed E-state index contributed by atoms with van der Waals surface area (Å²) in [5.41, 5.74) is 0.889. The van der Waals surface area contributed by atoms with Crippen molar-refractivity contribution in [2.24, 2.45) is 0 Å². The van der Waals surface area contributed by atoms with E-state index in [0.29, 0.717) is 24.3 Å². The molecule has 0 spiro atoms. The van der Waals surface area contributed by atoms with Crippen LogP contribution >= 0.6 is 11.3 Å². The normalized spacial score (nSPS) is 19.2. The molecule has 0 bridgehead atoms. The molecule has 2 aromatic rings. The fourth-order valence-corrected chi connectivity index (χ4v) is 5.61. The van der Waals surface area contributed by atoms with Gasteiger partial charge in [-0.05, 0) is 42.0 Å². The number of rotatable bonds is 6. The molecule has 2 aliphatic rings.